The molecule has 0 saturated carbocycles. The Morgan fingerprint density at radius 1 is 1.27 bits per heavy atom. The molecule has 0 aromatic heterocycles. The highest BCUT2D eigenvalue weighted by Crippen LogP contribution is 2.29. The topological polar surface area (TPSA) is 17.1 Å². The number of ketones is 1. The molecule has 0 aliphatic rings. The van der Waals surface area contributed by atoms with Crippen molar-refractivity contribution in [3.05, 3.63) is 0 Å². The van der Waals surface area contributed by atoms with E-state index in [1.165, 1.54) is 0 Å². The Labute approximate surface area is 70.2 Å². The zero-order valence-corrected chi connectivity index (χ0v) is 8.40. The van der Waals surface area contributed by atoms with Gasteiger partial charge in [-0.15, -0.1) is 0 Å². The fourth-order valence-electron chi connectivity index (χ4n) is 1.30. The summed E-state index contributed by atoms with van der Waals surface area (Å²) in [6.45, 7) is 10.2. The van der Waals surface area contributed by atoms with Crippen LogP contribution < -0.4 is 0 Å². The third-order valence-corrected chi connectivity index (χ3v) is 2.68. The second kappa shape index (κ2) is 3.89. The van der Waals surface area contributed by atoms with Gasteiger partial charge in [0.05, 0.1) is 0 Å². The molecule has 0 unspecified atom stereocenters. The Morgan fingerprint density at radius 2 is 1.64 bits per heavy atom. The molecule has 0 aromatic carbocycles. The highest BCUT2D eigenvalue weighted by atomic mass is 16.1. The number of carbonyl (C=O) groups is 1. The Morgan fingerprint density at radius 3 is 1.73 bits per heavy atom. The molecule has 0 spiro atoms. The van der Waals surface area contributed by atoms with Crippen LogP contribution >= 0.6 is 0 Å². The molecule has 1 nitrogen and oxygen atoms in total. The molecule has 0 amide bonds. The van der Waals surface area contributed by atoms with Gasteiger partial charge >= 0.3 is 0 Å². The van der Waals surface area contributed by atoms with Crippen LogP contribution in [-0.2, 0) is 4.79 Å². The van der Waals surface area contributed by atoms with Gasteiger partial charge in [0.25, 0.3) is 0 Å². The van der Waals surface area contributed by atoms with Crippen molar-refractivity contribution in [1.29, 1.82) is 0 Å². The first-order chi connectivity index (χ1) is 4.98. The summed E-state index contributed by atoms with van der Waals surface area (Å²) in [6, 6.07) is 0. The summed E-state index contributed by atoms with van der Waals surface area (Å²) in [5.74, 6) is 0.586. The summed E-state index contributed by atoms with van der Waals surface area (Å²) >= 11 is 0. The van der Waals surface area contributed by atoms with Gasteiger partial charge < -0.3 is 0 Å². The maximum absolute atomic E-state index is 11.6. The molecule has 0 aliphatic carbocycles. The van der Waals surface area contributed by atoms with Crippen LogP contribution in [0.15, 0.2) is 0 Å². The molecule has 0 N–H and O–H groups in total. The van der Waals surface area contributed by atoms with Gasteiger partial charge in [0.15, 0.2) is 0 Å². The summed E-state index contributed by atoms with van der Waals surface area (Å²) in [5.41, 5.74) is -0.0752. The van der Waals surface area contributed by atoms with E-state index >= 15 is 0 Å². The first kappa shape index (κ1) is 10.7. The lowest BCUT2D eigenvalue weighted by Crippen LogP contribution is -2.30. The Balaban J connectivity index is 4.37. The van der Waals surface area contributed by atoms with Crippen LogP contribution in [0, 0.1) is 11.3 Å². The largest absolute Gasteiger partial charge is 0.299 e. The van der Waals surface area contributed by atoms with E-state index in [2.05, 4.69) is 20.8 Å². The first-order valence-corrected chi connectivity index (χ1v) is 4.52. The Kier molecular flexibility index (Phi) is 3.77. The van der Waals surface area contributed by atoms with Crippen LogP contribution in [0.2, 0.25) is 0 Å². The van der Waals surface area contributed by atoms with Crippen molar-refractivity contribution in [3.63, 3.8) is 0 Å². The van der Waals surface area contributed by atoms with Gasteiger partial charge in [-0.05, 0) is 12.8 Å². The van der Waals surface area contributed by atoms with Gasteiger partial charge in [0, 0.05) is 11.3 Å². The van der Waals surface area contributed by atoms with E-state index in [0.717, 1.165) is 12.8 Å². The van der Waals surface area contributed by atoms with E-state index in [1.807, 2.05) is 13.8 Å². The molecule has 0 aromatic rings. The minimum atomic E-state index is -0.0752. The van der Waals surface area contributed by atoms with Crippen molar-refractivity contribution < 1.29 is 4.79 Å². The van der Waals surface area contributed by atoms with E-state index < -0.39 is 0 Å². The van der Waals surface area contributed by atoms with Gasteiger partial charge in [0.2, 0.25) is 0 Å². The van der Waals surface area contributed by atoms with Crippen molar-refractivity contribution >= 4 is 5.78 Å². The lowest BCUT2D eigenvalue weighted by Gasteiger charge is -2.26. The molecule has 0 aliphatic heterocycles. The lowest BCUT2D eigenvalue weighted by molar-refractivity contribution is -0.131. The summed E-state index contributed by atoms with van der Waals surface area (Å²) in [4.78, 5) is 11.6. The zero-order chi connectivity index (χ0) is 9.07. The predicted octanol–water partition coefficient (Wildman–Crippen LogP) is 3.04. The molecule has 0 rings (SSSR count). The molecular formula is C10H20O. The normalized spacial score (nSPS) is 12.2. The standard InChI is InChI=1S/C10H20O/c1-6-10(5,7-2)9(11)8(3)4/h8H,6-7H2,1-5H3. The summed E-state index contributed by atoms with van der Waals surface area (Å²) in [7, 11) is 0. The molecule has 0 atom stereocenters. The molecule has 66 valence electrons. The van der Waals surface area contributed by atoms with Crippen molar-refractivity contribution in [2.24, 2.45) is 11.3 Å². The summed E-state index contributed by atoms with van der Waals surface area (Å²) in [5, 5.41) is 0. The zero-order valence-electron chi connectivity index (χ0n) is 8.40. The van der Waals surface area contributed by atoms with Crippen LogP contribution in [0.3, 0.4) is 0 Å². The monoisotopic (exact) mass is 156 g/mol. The second-order valence-electron chi connectivity index (χ2n) is 3.79. The lowest BCUT2D eigenvalue weighted by atomic mass is 9.76. The van der Waals surface area contributed by atoms with Crippen LogP contribution in [0.1, 0.15) is 47.5 Å². The smallest absolute Gasteiger partial charge is 0.141 e. The van der Waals surface area contributed by atoms with E-state index in [4.69, 9.17) is 0 Å². The average Bonchev–Trinajstić information content (AvgIpc) is 2.01. The number of hydrogen-bond donors (Lipinski definition) is 0. The molecule has 1 heteroatoms. The summed E-state index contributed by atoms with van der Waals surface area (Å²) < 4.78 is 0. The van der Waals surface area contributed by atoms with Crippen molar-refractivity contribution in [2.45, 2.75) is 47.5 Å². The van der Waals surface area contributed by atoms with Crippen LogP contribution in [0.4, 0.5) is 0 Å². The Bertz CT molecular complexity index is 132. The fraction of sp³-hybridized carbons (Fsp3) is 0.900. The van der Waals surface area contributed by atoms with E-state index in [9.17, 15) is 4.79 Å². The van der Waals surface area contributed by atoms with Gasteiger partial charge in [-0.25, -0.2) is 0 Å². The number of hydrogen-bond acceptors (Lipinski definition) is 1. The molecule has 0 radical (unpaired) electrons. The van der Waals surface area contributed by atoms with Crippen LogP contribution in [0.25, 0.3) is 0 Å². The minimum absolute atomic E-state index is 0.0752. The third-order valence-electron chi connectivity index (χ3n) is 2.68. The number of rotatable bonds is 4. The van der Waals surface area contributed by atoms with E-state index in [1.54, 1.807) is 0 Å². The number of carbonyl (C=O) groups excluding carboxylic acids is 1. The maximum Gasteiger partial charge on any atom is 0.141 e. The number of Topliss-reactive ketones (excluding diaryl/α,β-unsaturated/α-hetero) is 1. The predicted molar refractivity (Wildman–Crippen MR) is 48.5 cm³/mol. The highest BCUT2D eigenvalue weighted by Gasteiger charge is 2.30. The molecule has 11 heavy (non-hydrogen) atoms. The molecule has 0 bridgehead atoms. The minimum Gasteiger partial charge on any atom is -0.299 e. The van der Waals surface area contributed by atoms with Crippen molar-refractivity contribution in [2.75, 3.05) is 0 Å². The van der Waals surface area contributed by atoms with Crippen molar-refractivity contribution in [3.8, 4) is 0 Å². The van der Waals surface area contributed by atoms with Crippen molar-refractivity contribution in [1.82, 2.24) is 0 Å². The van der Waals surface area contributed by atoms with Crippen LogP contribution in [-0.4, -0.2) is 5.78 Å². The average molecular weight is 156 g/mol. The fourth-order valence-corrected chi connectivity index (χ4v) is 1.30. The van der Waals surface area contributed by atoms with E-state index in [-0.39, 0.29) is 11.3 Å². The SMILES string of the molecule is CCC(C)(CC)C(=O)C(C)C. The van der Waals surface area contributed by atoms with Gasteiger partial charge in [0.1, 0.15) is 5.78 Å². The Hall–Kier alpha value is -0.330. The quantitative estimate of drug-likeness (QED) is 0.611. The first-order valence-electron chi connectivity index (χ1n) is 4.52. The van der Waals surface area contributed by atoms with Crippen LogP contribution in [0.5, 0.6) is 0 Å². The molecule has 0 fully saturated rings. The molecule has 0 heterocycles. The van der Waals surface area contributed by atoms with Gasteiger partial charge in [-0.2, -0.15) is 0 Å². The third kappa shape index (κ3) is 2.32. The van der Waals surface area contributed by atoms with E-state index in [0.29, 0.717) is 5.78 Å². The van der Waals surface area contributed by atoms with Gasteiger partial charge in [-0.1, -0.05) is 34.6 Å². The summed E-state index contributed by atoms with van der Waals surface area (Å²) in [6.07, 6.45) is 1.92. The highest BCUT2D eigenvalue weighted by molar-refractivity contribution is 5.85. The molecule has 0 saturated heterocycles. The molecular weight excluding hydrogens is 136 g/mol. The maximum atomic E-state index is 11.6. The van der Waals surface area contributed by atoms with Gasteiger partial charge in [-0.3, -0.25) is 4.79 Å². The second-order valence-corrected chi connectivity index (χ2v) is 3.79.